The van der Waals surface area contributed by atoms with Gasteiger partial charge in [0, 0.05) is 25.1 Å². The monoisotopic (exact) mass is 468 g/mol. The number of methoxy groups -OCH3 is 3. The molecule has 1 aliphatic heterocycles. The average molecular weight is 469 g/mol. The number of carbonyl (C=O) groups is 1. The molecule has 2 aromatic carbocycles. The smallest absolute Gasteiger partial charge is 0.243 e. The van der Waals surface area contributed by atoms with E-state index in [1.807, 2.05) is 0 Å². The average Bonchev–Trinajstić information content (AvgIpc) is 2.78. The SMILES string of the molecule is COc1ccc(OC)c(NC(=O)C2CCN(S(=O)(=O)c3ccc(OC)c(Cl)c3)CC2)c1. The summed E-state index contributed by atoms with van der Waals surface area (Å²) in [5.41, 5.74) is 0.509. The highest BCUT2D eigenvalue weighted by atomic mass is 35.5. The summed E-state index contributed by atoms with van der Waals surface area (Å²) in [6.07, 6.45) is 0.808. The van der Waals surface area contributed by atoms with Crippen LogP contribution in [-0.4, -0.2) is 53.0 Å². The Morgan fingerprint density at radius 3 is 2.23 bits per heavy atom. The van der Waals surface area contributed by atoms with Gasteiger partial charge in [-0.25, -0.2) is 8.42 Å². The van der Waals surface area contributed by atoms with Gasteiger partial charge in [-0.2, -0.15) is 4.31 Å². The molecular formula is C21H25ClN2O6S. The molecule has 1 N–H and O–H groups in total. The molecule has 168 valence electrons. The van der Waals surface area contributed by atoms with E-state index in [2.05, 4.69) is 5.32 Å². The fraction of sp³-hybridized carbons (Fsp3) is 0.381. The lowest BCUT2D eigenvalue weighted by Crippen LogP contribution is -2.41. The fourth-order valence-corrected chi connectivity index (χ4v) is 5.28. The van der Waals surface area contributed by atoms with Crippen LogP contribution in [0.15, 0.2) is 41.3 Å². The molecule has 1 saturated heterocycles. The second kappa shape index (κ2) is 9.76. The van der Waals surface area contributed by atoms with E-state index in [0.29, 0.717) is 35.8 Å². The van der Waals surface area contributed by atoms with Crippen LogP contribution in [0.5, 0.6) is 17.2 Å². The minimum absolute atomic E-state index is 0.0994. The lowest BCUT2D eigenvalue weighted by Gasteiger charge is -2.30. The molecule has 0 spiro atoms. The van der Waals surface area contributed by atoms with Crippen LogP contribution < -0.4 is 19.5 Å². The van der Waals surface area contributed by atoms with Crippen molar-refractivity contribution in [2.75, 3.05) is 39.7 Å². The number of ether oxygens (including phenoxy) is 3. The van der Waals surface area contributed by atoms with E-state index in [-0.39, 0.29) is 34.8 Å². The summed E-state index contributed by atoms with van der Waals surface area (Å²) >= 11 is 6.08. The maximum absolute atomic E-state index is 13.0. The van der Waals surface area contributed by atoms with Crippen LogP contribution in [-0.2, 0) is 14.8 Å². The lowest BCUT2D eigenvalue weighted by molar-refractivity contribution is -0.120. The molecule has 2 aromatic rings. The Balaban J connectivity index is 1.66. The topological polar surface area (TPSA) is 94.2 Å². The van der Waals surface area contributed by atoms with E-state index in [1.54, 1.807) is 25.3 Å². The van der Waals surface area contributed by atoms with Crippen molar-refractivity contribution in [1.82, 2.24) is 4.31 Å². The van der Waals surface area contributed by atoms with Gasteiger partial charge in [0.25, 0.3) is 0 Å². The Hall–Kier alpha value is -2.49. The summed E-state index contributed by atoms with van der Waals surface area (Å²) in [6.45, 7) is 0.471. The number of rotatable bonds is 7. The standard InChI is InChI=1S/C21H25ClN2O6S/c1-28-15-4-6-20(30-3)18(12-15)23-21(25)14-8-10-24(11-9-14)31(26,27)16-5-7-19(29-2)17(22)13-16/h4-7,12-14H,8-11H2,1-3H3,(H,23,25). The van der Waals surface area contributed by atoms with E-state index in [4.69, 9.17) is 25.8 Å². The van der Waals surface area contributed by atoms with Crippen molar-refractivity contribution < 1.29 is 27.4 Å². The van der Waals surface area contributed by atoms with E-state index in [9.17, 15) is 13.2 Å². The minimum Gasteiger partial charge on any atom is -0.497 e. The number of amides is 1. The van der Waals surface area contributed by atoms with Crippen LogP contribution >= 0.6 is 11.6 Å². The van der Waals surface area contributed by atoms with Gasteiger partial charge in [0.1, 0.15) is 17.2 Å². The predicted molar refractivity (Wildman–Crippen MR) is 118 cm³/mol. The molecule has 1 amide bonds. The Morgan fingerprint density at radius 1 is 1.00 bits per heavy atom. The summed E-state index contributed by atoms with van der Waals surface area (Å²) < 4.78 is 42.9. The van der Waals surface area contributed by atoms with Gasteiger partial charge < -0.3 is 19.5 Å². The van der Waals surface area contributed by atoms with Gasteiger partial charge in [-0.15, -0.1) is 0 Å². The number of carbonyl (C=O) groups excluding carboxylic acids is 1. The molecule has 1 fully saturated rings. The summed E-state index contributed by atoms with van der Waals surface area (Å²) in [5.74, 6) is 1.02. The van der Waals surface area contributed by atoms with Crippen molar-refractivity contribution in [1.29, 1.82) is 0 Å². The van der Waals surface area contributed by atoms with Crippen LogP contribution in [0.25, 0.3) is 0 Å². The number of halogens is 1. The van der Waals surface area contributed by atoms with E-state index >= 15 is 0 Å². The normalized spacial score (nSPS) is 15.4. The van der Waals surface area contributed by atoms with E-state index in [0.717, 1.165) is 0 Å². The molecule has 31 heavy (non-hydrogen) atoms. The molecule has 3 rings (SSSR count). The second-order valence-electron chi connectivity index (χ2n) is 7.03. The van der Waals surface area contributed by atoms with Crippen LogP contribution in [0.1, 0.15) is 12.8 Å². The highest BCUT2D eigenvalue weighted by Crippen LogP contribution is 2.32. The molecule has 10 heteroatoms. The van der Waals surface area contributed by atoms with E-state index in [1.165, 1.54) is 36.7 Å². The summed E-state index contributed by atoms with van der Waals surface area (Å²) in [4.78, 5) is 12.9. The highest BCUT2D eigenvalue weighted by molar-refractivity contribution is 7.89. The van der Waals surface area contributed by atoms with Gasteiger partial charge in [0.15, 0.2) is 0 Å². The predicted octanol–water partition coefficient (Wildman–Crippen LogP) is 3.41. The Bertz CT molecular complexity index is 1050. The highest BCUT2D eigenvalue weighted by Gasteiger charge is 2.32. The first-order chi connectivity index (χ1) is 14.8. The Labute approximate surface area is 187 Å². The molecule has 0 unspecified atom stereocenters. The number of nitrogens with one attached hydrogen (secondary N) is 1. The molecule has 0 atom stereocenters. The molecule has 0 saturated carbocycles. The summed E-state index contributed by atoms with van der Waals surface area (Å²) in [5, 5.41) is 3.09. The first-order valence-electron chi connectivity index (χ1n) is 9.66. The number of nitrogens with zero attached hydrogens (tertiary/aromatic N) is 1. The molecule has 8 nitrogen and oxygen atoms in total. The van der Waals surface area contributed by atoms with Gasteiger partial charge in [-0.3, -0.25) is 4.79 Å². The zero-order chi connectivity index (χ0) is 22.6. The van der Waals surface area contributed by atoms with E-state index < -0.39 is 10.0 Å². The van der Waals surface area contributed by atoms with Crippen molar-refractivity contribution in [2.45, 2.75) is 17.7 Å². The maximum atomic E-state index is 13.0. The number of benzene rings is 2. The van der Waals surface area contributed by atoms with Crippen LogP contribution in [0.2, 0.25) is 5.02 Å². The third kappa shape index (κ3) is 5.06. The Kier molecular flexibility index (Phi) is 7.30. The van der Waals surface area contributed by atoms with Crippen molar-refractivity contribution in [2.24, 2.45) is 5.92 Å². The zero-order valence-corrected chi connectivity index (χ0v) is 19.1. The summed E-state index contributed by atoms with van der Waals surface area (Å²) in [7, 11) is 0.814. The van der Waals surface area contributed by atoms with Crippen LogP contribution in [0.3, 0.4) is 0 Å². The second-order valence-corrected chi connectivity index (χ2v) is 9.38. The largest absolute Gasteiger partial charge is 0.497 e. The van der Waals surface area contributed by atoms with Gasteiger partial charge >= 0.3 is 0 Å². The minimum atomic E-state index is -3.71. The number of sulfonamides is 1. The van der Waals surface area contributed by atoms with Crippen molar-refractivity contribution >= 4 is 33.2 Å². The quantitative estimate of drug-likeness (QED) is 0.669. The molecule has 0 radical (unpaired) electrons. The number of hydrogen-bond acceptors (Lipinski definition) is 6. The van der Waals surface area contributed by atoms with Crippen LogP contribution in [0.4, 0.5) is 5.69 Å². The first kappa shape index (κ1) is 23.2. The third-order valence-electron chi connectivity index (χ3n) is 5.25. The van der Waals surface area contributed by atoms with Crippen molar-refractivity contribution in [3.63, 3.8) is 0 Å². The van der Waals surface area contributed by atoms with Crippen molar-refractivity contribution in [3.05, 3.63) is 41.4 Å². The summed E-state index contributed by atoms with van der Waals surface area (Å²) in [6, 6.07) is 9.51. The third-order valence-corrected chi connectivity index (χ3v) is 7.44. The van der Waals surface area contributed by atoms with Gasteiger partial charge in [-0.05, 0) is 43.2 Å². The fourth-order valence-electron chi connectivity index (χ4n) is 3.46. The lowest BCUT2D eigenvalue weighted by atomic mass is 9.97. The molecule has 1 heterocycles. The molecular weight excluding hydrogens is 444 g/mol. The molecule has 1 aliphatic rings. The number of anilines is 1. The first-order valence-corrected chi connectivity index (χ1v) is 11.5. The van der Waals surface area contributed by atoms with Gasteiger partial charge in [0.05, 0.1) is 36.9 Å². The van der Waals surface area contributed by atoms with Crippen LogP contribution in [0, 0.1) is 5.92 Å². The van der Waals surface area contributed by atoms with Crippen molar-refractivity contribution in [3.8, 4) is 17.2 Å². The number of piperidine rings is 1. The molecule has 0 bridgehead atoms. The maximum Gasteiger partial charge on any atom is 0.243 e. The molecule has 0 aliphatic carbocycles. The van der Waals surface area contributed by atoms with Gasteiger partial charge in [0.2, 0.25) is 15.9 Å². The Morgan fingerprint density at radius 2 is 1.65 bits per heavy atom. The zero-order valence-electron chi connectivity index (χ0n) is 17.6. The molecule has 0 aromatic heterocycles. The van der Waals surface area contributed by atoms with Gasteiger partial charge in [-0.1, -0.05) is 11.6 Å². The number of hydrogen-bond donors (Lipinski definition) is 1.